The predicted octanol–water partition coefficient (Wildman–Crippen LogP) is 2.32. The van der Waals surface area contributed by atoms with Crippen LogP contribution in [0.25, 0.3) is 0 Å². The monoisotopic (exact) mass is 160 g/mol. The summed E-state index contributed by atoms with van der Waals surface area (Å²) in [4.78, 5) is 0. The molecule has 60 valence electrons. The van der Waals surface area contributed by atoms with E-state index in [4.69, 9.17) is 4.74 Å². The van der Waals surface area contributed by atoms with Gasteiger partial charge in [-0.3, -0.25) is 0 Å². The molecule has 1 saturated heterocycles. The van der Waals surface area contributed by atoms with E-state index in [-0.39, 0.29) is 5.44 Å². The molecule has 1 heterocycles. The maximum atomic E-state index is 5.42. The van der Waals surface area contributed by atoms with Crippen molar-refractivity contribution in [3.05, 3.63) is 0 Å². The lowest BCUT2D eigenvalue weighted by Gasteiger charge is -2.30. The highest BCUT2D eigenvalue weighted by Crippen LogP contribution is 2.29. The summed E-state index contributed by atoms with van der Waals surface area (Å²) in [6.45, 7) is 5.38. The van der Waals surface area contributed by atoms with Crippen molar-refractivity contribution in [1.82, 2.24) is 0 Å². The van der Waals surface area contributed by atoms with E-state index < -0.39 is 0 Å². The van der Waals surface area contributed by atoms with Crippen LogP contribution in [-0.2, 0) is 4.74 Å². The molecular formula is C8H16OS. The first kappa shape index (κ1) is 8.41. The smallest absolute Gasteiger partial charge is 0.103 e. The highest BCUT2D eigenvalue weighted by molar-refractivity contribution is 7.80. The molecule has 0 aromatic heterocycles. The minimum absolute atomic E-state index is 0.189. The van der Waals surface area contributed by atoms with Gasteiger partial charge in [0.15, 0.2) is 0 Å². The zero-order valence-electron chi connectivity index (χ0n) is 6.71. The van der Waals surface area contributed by atoms with Gasteiger partial charge in [-0.15, -0.1) is 12.6 Å². The maximum Gasteiger partial charge on any atom is 0.103 e. The van der Waals surface area contributed by atoms with Crippen LogP contribution in [0.3, 0.4) is 0 Å². The molecule has 2 heteroatoms. The molecule has 0 aliphatic carbocycles. The van der Waals surface area contributed by atoms with Gasteiger partial charge in [-0.2, -0.15) is 0 Å². The van der Waals surface area contributed by atoms with E-state index in [2.05, 4.69) is 26.5 Å². The maximum absolute atomic E-state index is 5.42. The fourth-order valence-corrected chi connectivity index (χ4v) is 2.05. The molecule has 2 unspecified atom stereocenters. The Hall–Kier alpha value is 0.310. The van der Waals surface area contributed by atoms with Crippen LogP contribution in [0.4, 0.5) is 0 Å². The van der Waals surface area contributed by atoms with Crippen LogP contribution < -0.4 is 0 Å². The standard InChI is InChI=1S/C8H16OS/c1-6(2)7-4-3-5-9-8(7)10/h6-8,10H,3-5H2,1-2H3. The third-order valence-electron chi connectivity index (χ3n) is 2.19. The third-order valence-corrected chi connectivity index (χ3v) is 2.73. The lowest BCUT2D eigenvalue weighted by Crippen LogP contribution is -2.28. The van der Waals surface area contributed by atoms with E-state index >= 15 is 0 Å². The van der Waals surface area contributed by atoms with Crippen molar-refractivity contribution >= 4 is 12.6 Å². The molecule has 10 heavy (non-hydrogen) atoms. The highest BCUT2D eigenvalue weighted by Gasteiger charge is 2.24. The number of ether oxygens (including phenoxy) is 1. The molecule has 1 fully saturated rings. The molecule has 1 aliphatic heterocycles. The molecule has 1 aliphatic rings. The fourth-order valence-electron chi connectivity index (χ4n) is 1.45. The second-order valence-corrected chi connectivity index (χ2v) is 3.82. The predicted molar refractivity (Wildman–Crippen MR) is 46.3 cm³/mol. The number of rotatable bonds is 1. The Balaban J connectivity index is 2.40. The summed E-state index contributed by atoms with van der Waals surface area (Å²) in [5.74, 6) is 1.37. The van der Waals surface area contributed by atoms with Crippen LogP contribution in [-0.4, -0.2) is 12.0 Å². The Kier molecular flexibility index (Phi) is 3.05. The summed E-state index contributed by atoms with van der Waals surface area (Å²) in [5.41, 5.74) is 0.189. The Morgan fingerprint density at radius 2 is 2.20 bits per heavy atom. The van der Waals surface area contributed by atoms with Crippen molar-refractivity contribution in [2.75, 3.05) is 6.61 Å². The van der Waals surface area contributed by atoms with Gasteiger partial charge in [-0.25, -0.2) is 0 Å². The van der Waals surface area contributed by atoms with Crippen molar-refractivity contribution in [3.8, 4) is 0 Å². The van der Waals surface area contributed by atoms with Crippen LogP contribution in [0.1, 0.15) is 26.7 Å². The first-order valence-corrected chi connectivity index (χ1v) is 4.53. The Bertz CT molecular complexity index is 103. The van der Waals surface area contributed by atoms with Crippen LogP contribution >= 0.6 is 12.6 Å². The van der Waals surface area contributed by atoms with Crippen LogP contribution in [0.2, 0.25) is 0 Å². The van der Waals surface area contributed by atoms with Gasteiger partial charge in [-0.1, -0.05) is 13.8 Å². The number of hydrogen-bond acceptors (Lipinski definition) is 2. The minimum Gasteiger partial charge on any atom is -0.368 e. The normalized spacial score (nSPS) is 34.8. The first-order chi connectivity index (χ1) is 4.72. The molecule has 0 spiro atoms. The van der Waals surface area contributed by atoms with Crippen LogP contribution in [0.15, 0.2) is 0 Å². The first-order valence-electron chi connectivity index (χ1n) is 4.01. The van der Waals surface area contributed by atoms with Gasteiger partial charge >= 0.3 is 0 Å². The summed E-state index contributed by atoms with van der Waals surface area (Å²) in [7, 11) is 0. The van der Waals surface area contributed by atoms with Gasteiger partial charge in [-0.05, 0) is 24.7 Å². The Morgan fingerprint density at radius 3 is 2.60 bits per heavy atom. The van der Waals surface area contributed by atoms with E-state index in [0.717, 1.165) is 6.61 Å². The van der Waals surface area contributed by atoms with E-state index in [1.807, 2.05) is 0 Å². The molecule has 1 nitrogen and oxygen atoms in total. The molecule has 0 N–H and O–H groups in total. The lowest BCUT2D eigenvalue weighted by atomic mass is 9.90. The van der Waals surface area contributed by atoms with Gasteiger partial charge in [0.25, 0.3) is 0 Å². The Morgan fingerprint density at radius 1 is 1.50 bits per heavy atom. The molecule has 2 atom stereocenters. The highest BCUT2D eigenvalue weighted by atomic mass is 32.1. The summed E-state index contributed by atoms with van der Waals surface area (Å²) in [6, 6.07) is 0. The summed E-state index contributed by atoms with van der Waals surface area (Å²) in [5, 5.41) is 0. The molecule has 0 amide bonds. The third kappa shape index (κ3) is 1.89. The lowest BCUT2D eigenvalue weighted by molar-refractivity contribution is 0.0145. The molecule has 0 bridgehead atoms. The van der Waals surface area contributed by atoms with Crippen LogP contribution in [0.5, 0.6) is 0 Å². The van der Waals surface area contributed by atoms with Gasteiger partial charge < -0.3 is 4.74 Å². The van der Waals surface area contributed by atoms with Crippen molar-refractivity contribution in [1.29, 1.82) is 0 Å². The molecule has 0 radical (unpaired) electrons. The van der Waals surface area contributed by atoms with Crippen LogP contribution in [0, 0.1) is 11.8 Å². The van der Waals surface area contributed by atoms with Gasteiger partial charge in [0, 0.05) is 6.61 Å². The molecule has 0 saturated carbocycles. The number of thiol groups is 1. The minimum atomic E-state index is 0.189. The zero-order valence-corrected chi connectivity index (χ0v) is 7.60. The molecular weight excluding hydrogens is 144 g/mol. The van der Waals surface area contributed by atoms with Crippen molar-refractivity contribution in [3.63, 3.8) is 0 Å². The quantitative estimate of drug-likeness (QED) is 0.579. The van der Waals surface area contributed by atoms with Crippen molar-refractivity contribution in [2.45, 2.75) is 32.1 Å². The topological polar surface area (TPSA) is 9.23 Å². The van der Waals surface area contributed by atoms with Gasteiger partial charge in [0.1, 0.15) is 5.44 Å². The zero-order chi connectivity index (χ0) is 7.56. The number of hydrogen-bond donors (Lipinski definition) is 1. The second-order valence-electron chi connectivity index (χ2n) is 3.31. The van der Waals surface area contributed by atoms with E-state index in [1.54, 1.807) is 0 Å². The second kappa shape index (κ2) is 3.63. The van der Waals surface area contributed by atoms with E-state index in [9.17, 15) is 0 Å². The molecule has 0 aromatic carbocycles. The summed E-state index contributed by atoms with van der Waals surface area (Å²) in [6.07, 6.45) is 2.49. The molecule has 0 aromatic rings. The van der Waals surface area contributed by atoms with Crippen molar-refractivity contribution in [2.24, 2.45) is 11.8 Å². The van der Waals surface area contributed by atoms with E-state index in [0.29, 0.717) is 11.8 Å². The molecule has 1 rings (SSSR count). The summed E-state index contributed by atoms with van der Waals surface area (Å²) >= 11 is 4.37. The van der Waals surface area contributed by atoms with Gasteiger partial charge in [0.05, 0.1) is 0 Å². The largest absolute Gasteiger partial charge is 0.368 e. The average Bonchev–Trinajstić information content (AvgIpc) is 1.88. The fraction of sp³-hybridized carbons (Fsp3) is 1.00. The van der Waals surface area contributed by atoms with Gasteiger partial charge in [0.2, 0.25) is 0 Å². The van der Waals surface area contributed by atoms with E-state index in [1.165, 1.54) is 12.8 Å². The summed E-state index contributed by atoms with van der Waals surface area (Å²) < 4.78 is 5.42. The van der Waals surface area contributed by atoms with Crippen molar-refractivity contribution < 1.29 is 4.74 Å². The Labute approximate surface area is 68.6 Å². The average molecular weight is 160 g/mol. The SMILES string of the molecule is CC(C)C1CCCOC1S.